The van der Waals surface area contributed by atoms with Gasteiger partial charge in [-0.2, -0.15) is 0 Å². The quantitative estimate of drug-likeness (QED) is 0.792. The Morgan fingerprint density at radius 2 is 2.00 bits per heavy atom. The molecule has 3 atom stereocenters. The van der Waals surface area contributed by atoms with Crippen molar-refractivity contribution in [1.82, 2.24) is 20.3 Å². The van der Waals surface area contributed by atoms with Crippen LogP contribution in [0.2, 0.25) is 0 Å². The van der Waals surface area contributed by atoms with Crippen molar-refractivity contribution in [3.63, 3.8) is 0 Å². The van der Waals surface area contributed by atoms with Gasteiger partial charge in [-0.15, -0.1) is 0 Å². The summed E-state index contributed by atoms with van der Waals surface area (Å²) >= 11 is 0. The molecule has 0 aromatic carbocycles. The number of carbonyl (C=O) groups excluding carboxylic acids is 1. The molecule has 3 rings (SSSR count). The summed E-state index contributed by atoms with van der Waals surface area (Å²) in [5.74, 6) is 0.133. The van der Waals surface area contributed by atoms with Crippen molar-refractivity contribution in [3.05, 3.63) is 54.4 Å². The van der Waals surface area contributed by atoms with Gasteiger partial charge in [-0.05, 0) is 51.2 Å². The van der Waals surface area contributed by atoms with Crippen molar-refractivity contribution in [1.29, 1.82) is 0 Å². The monoisotopic (exact) mass is 382 g/mol. The zero-order valence-electron chi connectivity index (χ0n) is 17.3. The van der Waals surface area contributed by atoms with Gasteiger partial charge in [-0.1, -0.05) is 19.9 Å². The second-order valence-corrected chi connectivity index (χ2v) is 9.03. The van der Waals surface area contributed by atoms with Crippen molar-refractivity contribution in [3.8, 4) is 0 Å². The topological polar surface area (TPSA) is 77.0 Å². The van der Waals surface area contributed by atoms with E-state index in [0.717, 1.165) is 11.3 Å². The predicted octanol–water partition coefficient (Wildman–Crippen LogP) is 3.82. The minimum Gasteiger partial charge on any atom is -0.459 e. The molecule has 0 amide bonds. The molecule has 0 aliphatic carbocycles. The highest BCUT2D eigenvalue weighted by Gasteiger charge is 2.53. The lowest BCUT2D eigenvalue weighted by atomic mass is 9.82. The van der Waals surface area contributed by atoms with Gasteiger partial charge < -0.3 is 4.74 Å². The van der Waals surface area contributed by atoms with Crippen molar-refractivity contribution >= 4 is 5.97 Å². The fourth-order valence-electron chi connectivity index (χ4n) is 4.04. The summed E-state index contributed by atoms with van der Waals surface area (Å²) in [6.07, 6.45) is 10.1. The number of nitrogens with one attached hydrogen (secondary N) is 1. The van der Waals surface area contributed by atoms with Gasteiger partial charge in [0, 0.05) is 42.9 Å². The van der Waals surface area contributed by atoms with Crippen LogP contribution in [0.4, 0.5) is 0 Å². The number of carbonyl (C=O) groups is 1. The molecule has 1 fully saturated rings. The molecule has 0 saturated carbocycles. The summed E-state index contributed by atoms with van der Waals surface area (Å²) in [6.45, 7) is 9.97. The van der Waals surface area contributed by atoms with Crippen molar-refractivity contribution in [2.75, 3.05) is 0 Å². The molecule has 0 unspecified atom stereocenters. The number of hydrogen-bond acceptors (Lipinski definition) is 6. The Morgan fingerprint density at radius 1 is 1.25 bits per heavy atom. The van der Waals surface area contributed by atoms with E-state index in [4.69, 9.17) is 4.74 Å². The normalized spacial score (nSPS) is 25.1. The molecule has 3 heterocycles. The molecule has 150 valence electrons. The number of esters is 1. The zero-order valence-corrected chi connectivity index (χ0v) is 17.3. The number of pyridine rings is 1. The van der Waals surface area contributed by atoms with Gasteiger partial charge in [0.25, 0.3) is 0 Å². The molecule has 0 radical (unpaired) electrons. The van der Waals surface area contributed by atoms with Crippen LogP contribution >= 0.6 is 0 Å². The number of rotatable bonds is 5. The highest BCUT2D eigenvalue weighted by Crippen LogP contribution is 2.46. The third-order valence-corrected chi connectivity index (χ3v) is 4.96. The van der Waals surface area contributed by atoms with Crippen LogP contribution in [0.3, 0.4) is 0 Å². The number of nitrogens with zero attached hydrogens (tertiary/aromatic N) is 3. The summed E-state index contributed by atoms with van der Waals surface area (Å²) in [4.78, 5) is 26.4. The average Bonchev–Trinajstić information content (AvgIpc) is 3.02. The van der Waals surface area contributed by atoms with Crippen LogP contribution in [0.1, 0.15) is 70.7 Å². The molecular weight excluding hydrogens is 352 g/mol. The Hall–Kier alpha value is -2.34. The maximum absolute atomic E-state index is 13.3. The van der Waals surface area contributed by atoms with Crippen LogP contribution in [-0.2, 0) is 9.53 Å². The van der Waals surface area contributed by atoms with Gasteiger partial charge in [0.15, 0.2) is 0 Å². The minimum atomic E-state index is -0.774. The molecule has 28 heavy (non-hydrogen) atoms. The van der Waals surface area contributed by atoms with Crippen LogP contribution in [0.15, 0.2) is 43.1 Å². The van der Waals surface area contributed by atoms with E-state index in [1.165, 1.54) is 0 Å². The standard InChI is InChI=1S/C22H30N4O2/c1-15(2)11-22(20(27)28-21(3,4)5)12-17(18-14-24-9-10-25-18)19(26-22)16-7-6-8-23-13-16/h6-10,13-15,17,19,26H,11-12H2,1-5H3/t17-,19+,22+/m1/s1. The van der Waals surface area contributed by atoms with E-state index >= 15 is 0 Å². The lowest BCUT2D eigenvalue weighted by molar-refractivity contribution is -0.163. The van der Waals surface area contributed by atoms with Gasteiger partial charge in [0.05, 0.1) is 5.69 Å². The molecule has 6 nitrogen and oxygen atoms in total. The largest absolute Gasteiger partial charge is 0.459 e. The van der Waals surface area contributed by atoms with Gasteiger partial charge in [0.2, 0.25) is 0 Å². The molecule has 2 aromatic heterocycles. The molecule has 2 aromatic rings. The molecule has 6 heteroatoms. The molecular formula is C22H30N4O2. The molecule has 1 saturated heterocycles. The van der Waals surface area contributed by atoms with E-state index in [0.29, 0.717) is 18.8 Å². The highest BCUT2D eigenvalue weighted by molar-refractivity contribution is 5.82. The lowest BCUT2D eigenvalue weighted by Crippen LogP contribution is -2.52. The van der Waals surface area contributed by atoms with E-state index < -0.39 is 11.1 Å². The van der Waals surface area contributed by atoms with Gasteiger partial charge in [-0.3, -0.25) is 25.1 Å². The summed E-state index contributed by atoms with van der Waals surface area (Å²) in [7, 11) is 0. The summed E-state index contributed by atoms with van der Waals surface area (Å²) in [6, 6.07) is 3.87. The zero-order chi connectivity index (χ0) is 20.4. The number of aromatic nitrogens is 3. The second-order valence-electron chi connectivity index (χ2n) is 9.03. The minimum absolute atomic E-state index is 0.00386. The Balaban J connectivity index is 2.03. The van der Waals surface area contributed by atoms with Crippen LogP contribution in [0.5, 0.6) is 0 Å². The van der Waals surface area contributed by atoms with E-state index in [1.54, 1.807) is 24.8 Å². The molecule has 1 N–H and O–H groups in total. The third-order valence-electron chi connectivity index (χ3n) is 4.96. The smallest absolute Gasteiger partial charge is 0.326 e. The maximum Gasteiger partial charge on any atom is 0.326 e. The van der Waals surface area contributed by atoms with E-state index in [2.05, 4.69) is 34.1 Å². The Bertz CT molecular complexity index is 740. The first-order chi connectivity index (χ1) is 13.2. The first-order valence-electron chi connectivity index (χ1n) is 9.87. The molecule has 1 aliphatic heterocycles. The Labute approximate surface area is 167 Å². The summed E-state index contributed by atoms with van der Waals surface area (Å²) < 4.78 is 5.84. The van der Waals surface area contributed by atoms with E-state index in [1.807, 2.05) is 39.1 Å². The van der Waals surface area contributed by atoms with E-state index in [9.17, 15) is 4.79 Å². The fourth-order valence-corrected chi connectivity index (χ4v) is 4.04. The number of ether oxygens (including phenoxy) is 1. The fraction of sp³-hybridized carbons (Fsp3) is 0.545. The maximum atomic E-state index is 13.3. The van der Waals surface area contributed by atoms with Crippen LogP contribution in [0.25, 0.3) is 0 Å². The predicted molar refractivity (Wildman–Crippen MR) is 108 cm³/mol. The van der Waals surface area contributed by atoms with Crippen molar-refractivity contribution in [2.24, 2.45) is 5.92 Å². The first-order valence-corrected chi connectivity index (χ1v) is 9.87. The first kappa shape index (κ1) is 20.4. The Kier molecular flexibility index (Phi) is 5.79. The summed E-state index contributed by atoms with van der Waals surface area (Å²) in [5.41, 5.74) is 0.590. The van der Waals surface area contributed by atoms with Gasteiger partial charge in [0.1, 0.15) is 11.1 Å². The summed E-state index contributed by atoms with van der Waals surface area (Å²) in [5, 5.41) is 3.64. The molecule has 1 aliphatic rings. The van der Waals surface area contributed by atoms with Gasteiger partial charge >= 0.3 is 5.97 Å². The lowest BCUT2D eigenvalue weighted by Gasteiger charge is -2.33. The van der Waals surface area contributed by atoms with E-state index in [-0.39, 0.29) is 17.9 Å². The van der Waals surface area contributed by atoms with Crippen LogP contribution in [-0.4, -0.2) is 32.1 Å². The highest BCUT2D eigenvalue weighted by atomic mass is 16.6. The Morgan fingerprint density at radius 3 is 2.57 bits per heavy atom. The van der Waals surface area contributed by atoms with Crippen LogP contribution in [0, 0.1) is 5.92 Å². The van der Waals surface area contributed by atoms with Crippen LogP contribution < -0.4 is 5.32 Å². The SMILES string of the molecule is CC(C)C[C@@]1(C(=O)OC(C)(C)C)C[C@H](c2cnccn2)[C@H](c2cccnc2)N1. The van der Waals surface area contributed by atoms with Crippen molar-refractivity contribution in [2.45, 2.75) is 70.6 Å². The second kappa shape index (κ2) is 7.95. The molecule has 0 bridgehead atoms. The average molecular weight is 383 g/mol. The van der Waals surface area contributed by atoms with Crippen molar-refractivity contribution < 1.29 is 9.53 Å². The third kappa shape index (κ3) is 4.55. The molecule has 0 spiro atoms. The number of hydrogen-bond donors (Lipinski definition) is 1. The van der Waals surface area contributed by atoms with Gasteiger partial charge in [-0.25, -0.2) is 0 Å².